The molecule has 0 spiro atoms. The summed E-state index contributed by atoms with van der Waals surface area (Å²) < 4.78 is 27.8. The summed E-state index contributed by atoms with van der Waals surface area (Å²) in [5.74, 6) is 0.697. The van der Waals surface area contributed by atoms with Gasteiger partial charge in [0.15, 0.2) is 0 Å². The van der Waals surface area contributed by atoms with E-state index >= 15 is 0 Å². The van der Waals surface area contributed by atoms with Crippen molar-refractivity contribution in [3.63, 3.8) is 0 Å². The zero-order chi connectivity index (χ0) is 20.3. The Bertz CT molecular complexity index is 591. The summed E-state index contributed by atoms with van der Waals surface area (Å²) in [4.78, 5) is 11.1. The van der Waals surface area contributed by atoms with Crippen LogP contribution in [0.2, 0.25) is 13.0 Å². The summed E-state index contributed by atoms with van der Waals surface area (Å²) in [7, 11) is 3.81. The number of aryl methyl sites for hydroxylation is 1. The van der Waals surface area contributed by atoms with Crippen LogP contribution in [-0.2, 0) is 31.0 Å². The number of hydrogen-bond donors (Lipinski definition) is 0. The Morgan fingerprint density at radius 1 is 1.07 bits per heavy atom. The van der Waals surface area contributed by atoms with Gasteiger partial charge in [0.25, 0.3) is 0 Å². The van der Waals surface area contributed by atoms with Gasteiger partial charge >= 0.3 is 121 Å². The molecule has 10 heteroatoms. The molecule has 0 bridgehead atoms. The van der Waals surface area contributed by atoms with Crippen molar-refractivity contribution in [2.24, 2.45) is 0 Å². The van der Waals surface area contributed by atoms with E-state index in [1.54, 1.807) is 40.6 Å². The number of nitrogens with zero attached hydrogens (tertiary/aromatic N) is 1. The van der Waals surface area contributed by atoms with Crippen LogP contribution in [0.3, 0.4) is 0 Å². The molecule has 0 N–H and O–H groups in total. The second-order valence-electron chi connectivity index (χ2n) is 5.96. The van der Waals surface area contributed by atoms with Gasteiger partial charge in [0.05, 0.1) is 0 Å². The number of unbranched alkanes of at least 4 members (excludes halogenated alkanes) is 1. The van der Waals surface area contributed by atoms with Gasteiger partial charge in [0.2, 0.25) is 0 Å². The molecule has 0 aliphatic carbocycles. The second-order valence-corrected chi connectivity index (χ2v) is 12.2. The molecule has 0 fully saturated rings. The molecule has 0 aliphatic heterocycles. The summed E-state index contributed by atoms with van der Waals surface area (Å²) in [6, 6.07) is 4.06. The Kier molecular flexibility index (Phi) is 9.38. The zero-order valence-corrected chi connectivity index (χ0v) is 24.0. The fourth-order valence-corrected chi connectivity index (χ4v) is 6.32. The first kappa shape index (κ1) is 22.5. The van der Waals surface area contributed by atoms with E-state index in [2.05, 4.69) is 0 Å². The Balaban J connectivity index is 2.62. The Morgan fingerprint density at radius 3 is 2.26 bits per heavy atom. The number of nitro benzene ring substituents is 1. The molecule has 0 atom stereocenters. The molecular formula is C17H28NO7RfSi. The molecular weight excluding hydrogens is 625 g/mol. The summed E-state index contributed by atoms with van der Waals surface area (Å²) in [6.45, 7) is 1.77. The van der Waals surface area contributed by atoms with E-state index in [-0.39, 0.29) is 17.2 Å². The molecule has 1 rings (SSSR count). The fourth-order valence-electron chi connectivity index (χ4n) is 2.80. The summed E-state index contributed by atoms with van der Waals surface area (Å²) in [6.07, 6.45) is 2.44. The number of nitro groups is 1. The average molecular weight is 653 g/mol. The van der Waals surface area contributed by atoms with E-state index < -0.39 is 8.80 Å². The van der Waals surface area contributed by atoms with Gasteiger partial charge in [-0.3, -0.25) is 0 Å². The quantitative estimate of drug-likeness (QED) is 0.132. The van der Waals surface area contributed by atoms with Crippen molar-refractivity contribution in [3.8, 4) is 5.75 Å². The summed E-state index contributed by atoms with van der Waals surface area (Å²) in [5, 5.41) is 11.4. The van der Waals surface area contributed by atoms with Gasteiger partial charge in [0, 0.05) is 21.3 Å². The molecule has 0 amide bonds. The summed E-state index contributed by atoms with van der Waals surface area (Å²) >= 11 is 0. The minimum atomic E-state index is -2.55. The van der Waals surface area contributed by atoms with Crippen LogP contribution in [0, 0.1) is 10.1 Å². The molecule has 1 aromatic rings. The van der Waals surface area contributed by atoms with Crippen LogP contribution in [0.4, 0.5) is 5.69 Å². The Hall–Kier alpha value is -2.52. The molecule has 149 valence electrons. The third-order valence-electron chi connectivity index (χ3n) is 4.34. The van der Waals surface area contributed by atoms with Gasteiger partial charge < -0.3 is 13.3 Å². The molecule has 27 heavy (non-hydrogen) atoms. The predicted molar refractivity (Wildman–Crippen MR) is 98.6 cm³/mol. The van der Waals surface area contributed by atoms with E-state index in [1.807, 2.05) is 0 Å². The number of ether oxygens (including phenoxy) is 2. The van der Waals surface area contributed by atoms with Gasteiger partial charge in [-0.05, 0) is 0 Å². The topological polar surface area (TPSA) is 89.3 Å². The molecule has 8 nitrogen and oxygen atoms in total. The molecule has 0 unspecified atom stereocenters. The monoisotopic (exact) mass is 653 g/mol. The Morgan fingerprint density at radius 2 is 1.74 bits per heavy atom. The van der Waals surface area contributed by atoms with Crippen LogP contribution in [0.15, 0.2) is 12.1 Å². The molecule has 0 radical (unpaired) electrons. The van der Waals surface area contributed by atoms with Gasteiger partial charge in [-0.2, -0.15) is 0 Å². The first-order valence-electron chi connectivity index (χ1n) is 8.83. The fraction of sp³-hybridized carbons (Fsp3) is 0.647. The number of methoxy groups -OCH3 is 1. The molecule has 0 saturated heterocycles. The molecule has 0 aromatic heterocycles. The van der Waals surface area contributed by atoms with Crippen LogP contribution in [0.1, 0.15) is 24.0 Å². The first-order chi connectivity index (χ1) is 13.0. The van der Waals surface area contributed by atoms with E-state index in [0.29, 0.717) is 24.0 Å². The number of benzene rings is 1. The van der Waals surface area contributed by atoms with E-state index in [0.717, 1.165) is 31.7 Å². The van der Waals surface area contributed by atoms with Crippen molar-refractivity contribution in [1.29, 1.82) is 0 Å². The van der Waals surface area contributed by atoms with Crippen molar-refractivity contribution < 1.29 is 27.7 Å². The van der Waals surface area contributed by atoms with Crippen molar-refractivity contribution in [2.45, 2.75) is 38.8 Å². The SMILES string of the molecule is COc1cc(COCCCC[Si](OC)(OC)OC)c([N+](=O)[O-])cc1C[CH2][Rf]. The van der Waals surface area contributed by atoms with Gasteiger partial charge in [-0.25, -0.2) is 0 Å². The molecule has 1 aromatic carbocycles. The van der Waals surface area contributed by atoms with Gasteiger partial charge in [-0.1, -0.05) is 0 Å². The number of hydrogen-bond acceptors (Lipinski definition) is 7. The van der Waals surface area contributed by atoms with Crippen LogP contribution in [0.25, 0.3) is 0 Å². The van der Waals surface area contributed by atoms with Crippen molar-refractivity contribution in [3.05, 3.63) is 33.4 Å². The number of rotatable bonds is 14. The standard InChI is InChI=1S/C17H28NO7Si.Rf/c1-6-14-11-16(18(19)20)15(12-17(14)21-2)13-25-9-7-8-10-26(22-3,23-4)24-5;/h11-12H,1,6-10,13H2,2-5H3;. The van der Waals surface area contributed by atoms with Crippen molar-refractivity contribution >= 4 is 14.5 Å². The Labute approximate surface area is 155 Å². The van der Waals surface area contributed by atoms with Crippen molar-refractivity contribution in [1.82, 2.24) is 0 Å². The maximum atomic E-state index is 11.4. The average Bonchev–Trinajstić information content (AvgIpc) is 2.68. The molecule has 0 aliphatic rings. The maximum absolute atomic E-state index is 11.4. The van der Waals surface area contributed by atoms with Crippen molar-refractivity contribution in [2.75, 3.05) is 35.0 Å². The zero-order valence-electron chi connectivity index (χ0n) is 16.6. The van der Waals surface area contributed by atoms with Crippen LogP contribution >= 0.6 is 0 Å². The van der Waals surface area contributed by atoms with E-state index in [9.17, 15) is 10.1 Å². The predicted octanol–water partition coefficient (Wildman–Crippen LogP) is 3.29. The van der Waals surface area contributed by atoms with Gasteiger partial charge in [0.1, 0.15) is 0 Å². The van der Waals surface area contributed by atoms with Crippen LogP contribution in [0.5, 0.6) is 5.75 Å². The van der Waals surface area contributed by atoms with Crippen LogP contribution < -0.4 is 4.74 Å². The first-order valence-corrected chi connectivity index (χ1v) is 15.3. The molecule has 0 saturated carbocycles. The van der Waals surface area contributed by atoms with E-state index in [1.165, 1.54) is 0 Å². The minimum absolute atomic E-state index is 0.0962. The second kappa shape index (κ2) is 11.2. The van der Waals surface area contributed by atoms with Crippen LogP contribution in [-0.4, -0.2) is 48.8 Å². The third kappa shape index (κ3) is 6.29. The van der Waals surface area contributed by atoms with E-state index in [4.69, 9.17) is 22.8 Å². The molecule has 0 heterocycles. The summed E-state index contributed by atoms with van der Waals surface area (Å²) in [5.41, 5.74) is 1.53. The van der Waals surface area contributed by atoms with Gasteiger partial charge in [-0.15, -0.1) is 0 Å². The normalized spacial score (nSPS) is 11.6. The third-order valence-corrected chi connectivity index (χ3v) is 8.77.